The molecule has 2 N–H and O–H groups in total. The topological polar surface area (TPSA) is 78.0 Å². The maximum atomic E-state index is 11.6. The number of nitrogens with zero attached hydrogens (tertiary/aromatic N) is 2. The molecule has 1 heterocycles. The molecule has 1 unspecified atom stereocenters. The van der Waals surface area contributed by atoms with Crippen LogP contribution in [0.5, 0.6) is 0 Å². The van der Waals surface area contributed by atoms with Gasteiger partial charge in [-0.05, 0) is 13.8 Å². The summed E-state index contributed by atoms with van der Waals surface area (Å²) in [6, 6.07) is -0.323. The van der Waals surface area contributed by atoms with E-state index in [0.29, 0.717) is 0 Å². The second-order valence-electron chi connectivity index (χ2n) is 3.74. The SMILES string of the molecule is CCn1cc(CS(=O)(=O)CC(C)N)cn1. The number of hydrogen-bond donors (Lipinski definition) is 1. The van der Waals surface area contributed by atoms with Crippen molar-refractivity contribution in [2.75, 3.05) is 5.75 Å². The number of aromatic nitrogens is 2. The zero-order chi connectivity index (χ0) is 11.5. The van der Waals surface area contributed by atoms with Crippen LogP contribution in [0, 0.1) is 0 Å². The normalized spacial score (nSPS) is 14.1. The minimum Gasteiger partial charge on any atom is -0.327 e. The van der Waals surface area contributed by atoms with Crippen molar-refractivity contribution in [3.05, 3.63) is 18.0 Å². The first kappa shape index (κ1) is 12.2. The second kappa shape index (κ2) is 4.76. The van der Waals surface area contributed by atoms with E-state index in [1.165, 1.54) is 0 Å². The van der Waals surface area contributed by atoms with Gasteiger partial charge in [-0.3, -0.25) is 4.68 Å². The summed E-state index contributed by atoms with van der Waals surface area (Å²) in [5, 5.41) is 4.02. The highest BCUT2D eigenvalue weighted by molar-refractivity contribution is 7.90. The largest absolute Gasteiger partial charge is 0.327 e. The first-order valence-corrected chi connectivity index (χ1v) is 6.72. The summed E-state index contributed by atoms with van der Waals surface area (Å²) in [6.45, 7) is 4.38. The van der Waals surface area contributed by atoms with Crippen molar-refractivity contribution in [1.82, 2.24) is 9.78 Å². The summed E-state index contributed by atoms with van der Waals surface area (Å²) >= 11 is 0. The van der Waals surface area contributed by atoms with Gasteiger partial charge in [0.1, 0.15) is 0 Å². The van der Waals surface area contributed by atoms with Crippen LogP contribution >= 0.6 is 0 Å². The highest BCUT2D eigenvalue weighted by atomic mass is 32.2. The second-order valence-corrected chi connectivity index (χ2v) is 5.85. The van der Waals surface area contributed by atoms with Crippen LogP contribution in [0.15, 0.2) is 12.4 Å². The van der Waals surface area contributed by atoms with E-state index in [2.05, 4.69) is 5.10 Å². The van der Waals surface area contributed by atoms with Gasteiger partial charge in [-0.1, -0.05) is 0 Å². The third-order valence-electron chi connectivity index (χ3n) is 1.91. The molecule has 1 rings (SSSR count). The number of rotatable bonds is 5. The van der Waals surface area contributed by atoms with E-state index < -0.39 is 9.84 Å². The highest BCUT2D eigenvalue weighted by Crippen LogP contribution is 2.06. The molecule has 0 radical (unpaired) electrons. The molecule has 1 aromatic rings. The van der Waals surface area contributed by atoms with Crippen LogP contribution in [0.25, 0.3) is 0 Å². The number of aryl methyl sites for hydroxylation is 1. The van der Waals surface area contributed by atoms with Crippen LogP contribution in [0.4, 0.5) is 0 Å². The third kappa shape index (κ3) is 4.01. The fourth-order valence-electron chi connectivity index (χ4n) is 1.37. The summed E-state index contributed by atoms with van der Waals surface area (Å²) in [4.78, 5) is 0. The van der Waals surface area contributed by atoms with Crippen molar-refractivity contribution < 1.29 is 8.42 Å². The minimum atomic E-state index is -3.11. The van der Waals surface area contributed by atoms with Crippen LogP contribution < -0.4 is 5.73 Å². The van der Waals surface area contributed by atoms with Crippen LogP contribution in [0.2, 0.25) is 0 Å². The Morgan fingerprint density at radius 3 is 2.73 bits per heavy atom. The van der Waals surface area contributed by atoms with Crippen molar-refractivity contribution in [2.24, 2.45) is 5.73 Å². The smallest absolute Gasteiger partial charge is 0.156 e. The van der Waals surface area contributed by atoms with E-state index in [9.17, 15) is 8.42 Å². The summed E-state index contributed by atoms with van der Waals surface area (Å²) in [5.74, 6) is 0.0405. The molecule has 1 aromatic heterocycles. The number of hydrogen-bond acceptors (Lipinski definition) is 4. The maximum Gasteiger partial charge on any atom is 0.156 e. The fraction of sp³-hybridized carbons (Fsp3) is 0.667. The van der Waals surface area contributed by atoms with Crippen LogP contribution in [-0.2, 0) is 22.1 Å². The molecule has 0 amide bonds. The molecule has 1 atom stereocenters. The quantitative estimate of drug-likeness (QED) is 0.783. The van der Waals surface area contributed by atoms with Gasteiger partial charge in [-0.15, -0.1) is 0 Å². The van der Waals surface area contributed by atoms with E-state index >= 15 is 0 Å². The van der Waals surface area contributed by atoms with Gasteiger partial charge in [0.25, 0.3) is 0 Å². The molecular formula is C9H17N3O2S. The van der Waals surface area contributed by atoms with E-state index in [4.69, 9.17) is 5.73 Å². The number of sulfone groups is 1. The van der Waals surface area contributed by atoms with Crippen LogP contribution in [0.3, 0.4) is 0 Å². The first-order valence-electron chi connectivity index (χ1n) is 4.90. The molecule has 0 aliphatic carbocycles. The van der Waals surface area contributed by atoms with Crippen molar-refractivity contribution in [3.63, 3.8) is 0 Å². The van der Waals surface area contributed by atoms with E-state index in [1.54, 1.807) is 24.0 Å². The number of nitrogens with two attached hydrogens (primary N) is 1. The lowest BCUT2D eigenvalue weighted by atomic mass is 10.4. The van der Waals surface area contributed by atoms with Crippen molar-refractivity contribution in [1.29, 1.82) is 0 Å². The first-order chi connectivity index (χ1) is 6.93. The lowest BCUT2D eigenvalue weighted by molar-refractivity contribution is 0.589. The summed E-state index contributed by atoms with van der Waals surface area (Å²) in [5.41, 5.74) is 6.18. The average molecular weight is 231 g/mol. The Morgan fingerprint density at radius 1 is 1.60 bits per heavy atom. The molecule has 86 valence electrons. The Balaban J connectivity index is 2.69. The van der Waals surface area contributed by atoms with E-state index in [1.807, 2.05) is 6.92 Å². The maximum absolute atomic E-state index is 11.6. The summed E-state index contributed by atoms with van der Waals surface area (Å²) in [6.07, 6.45) is 3.33. The standard InChI is InChI=1S/C9H17N3O2S/c1-3-12-5-9(4-11-12)7-15(13,14)6-8(2)10/h4-5,8H,3,6-7,10H2,1-2H3. The lowest BCUT2D eigenvalue weighted by Crippen LogP contribution is -2.26. The molecule has 0 aliphatic heterocycles. The molecule has 0 fully saturated rings. The van der Waals surface area contributed by atoms with Crippen LogP contribution in [-0.4, -0.2) is 30.0 Å². The summed E-state index contributed by atoms with van der Waals surface area (Å²) in [7, 11) is -3.11. The van der Waals surface area contributed by atoms with Gasteiger partial charge in [0.15, 0.2) is 9.84 Å². The molecule has 15 heavy (non-hydrogen) atoms. The Morgan fingerprint density at radius 2 is 2.27 bits per heavy atom. The highest BCUT2D eigenvalue weighted by Gasteiger charge is 2.15. The summed E-state index contributed by atoms with van der Waals surface area (Å²) < 4.78 is 24.9. The molecular weight excluding hydrogens is 214 g/mol. The average Bonchev–Trinajstić information content (AvgIpc) is 2.48. The molecule has 0 aromatic carbocycles. The Labute approximate surface area is 90.2 Å². The molecule has 5 nitrogen and oxygen atoms in total. The van der Waals surface area contributed by atoms with E-state index in [0.717, 1.165) is 12.1 Å². The zero-order valence-corrected chi connectivity index (χ0v) is 9.87. The van der Waals surface area contributed by atoms with Gasteiger partial charge in [-0.25, -0.2) is 8.42 Å². The molecule has 0 spiro atoms. The molecule has 0 saturated heterocycles. The van der Waals surface area contributed by atoms with E-state index in [-0.39, 0.29) is 17.5 Å². The van der Waals surface area contributed by atoms with Gasteiger partial charge in [-0.2, -0.15) is 5.10 Å². The molecule has 0 aliphatic rings. The Hall–Kier alpha value is -0.880. The zero-order valence-electron chi connectivity index (χ0n) is 9.05. The Kier molecular flexibility index (Phi) is 3.87. The predicted molar refractivity (Wildman–Crippen MR) is 59.0 cm³/mol. The van der Waals surface area contributed by atoms with Crippen molar-refractivity contribution >= 4 is 9.84 Å². The van der Waals surface area contributed by atoms with Crippen molar-refractivity contribution in [3.8, 4) is 0 Å². The fourth-order valence-corrected chi connectivity index (χ4v) is 2.94. The Bertz CT molecular complexity index is 409. The lowest BCUT2D eigenvalue weighted by Gasteiger charge is -2.05. The van der Waals surface area contributed by atoms with Crippen LogP contribution in [0.1, 0.15) is 19.4 Å². The molecule has 0 saturated carbocycles. The van der Waals surface area contributed by atoms with Gasteiger partial charge in [0.05, 0.1) is 17.7 Å². The third-order valence-corrected chi connectivity index (χ3v) is 3.72. The van der Waals surface area contributed by atoms with Crippen molar-refractivity contribution in [2.45, 2.75) is 32.2 Å². The van der Waals surface area contributed by atoms with Gasteiger partial charge in [0.2, 0.25) is 0 Å². The predicted octanol–water partition coefficient (Wildman–Crippen LogP) is 0.165. The minimum absolute atomic E-state index is 0.0182. The molecule has 0 bridgehead atoms. The monoisotopic (exact) mass is 231 g/mol. The van der Waals surface area contributed by atoms with Gasteiger partial charge in [0, 0.05) is 24.3 Å². The van der Waals surface area contributed by atoms with Gasteiger partial charge < -0.3 is 5.73 Å². The molecule has 6 heteroatoms. The van der Waals surface area contributed by atoms with Gasteiger partial charge >= 0.3 is 0 Å².